The third-order valence-corrected chi connectivity index (χ3v) is 4.46. The SMILES string of the molecule is O=C(Nc1ccc(-c2noc(-c3cccc(Cl)c3)n2)cc1)c1cccc(Cl)c1. The van der Waals surface area contributed by atoms with E-state index < -0.39 is 0 Å². The zero-order chi connectivity index (χ0) is 19.5. The maximum atomic E-state index is 12.3. The number of nitrogens with zero attached hydrogens (tertiary/aromatic N) is 2. The van der Waals surface area contributed by atoms with Gasteiger partial charge in [0.2, 0.25) is 5.82 Å². The standard InChI is InChI=1S/C21H13Cl2N3O2/c22-16-5-1-3-14(11-16)20(27)24-18-9-7-13(8-10-18)19-25-21(28-26-19)15-4-2-6-17(23)12-15/h1-12H,(H,24,27). The zero-order valence-corrected chi connectivity index (χ0v) is 15.9. The molecule has 0 spiro atoms. The van der Waals surface area contributed by atoms with Gasteiger partial charge in [-0.1, -0.05) is 40.5 Å². The highest BCUT2D eigenvalue weighted by atomic mass is 35.5. The van der Waals surface area contributed by atoms with Gasteiger partial charge in [-0.3, -0.25) is 4.79 Å². The Kier molecular flexibility index (Phi) is 5.10. The molecule has 0 bridgehead atoms. The van der Waals surface area contributed by atoms with Crippen LogP contribution in [0.15, 0.2) is 77.3 Å². The summed E-state index contributed by atoms with van der Waals surface area (Å²) in [5, 5.41) is 7.94. The predicted octanol–water partition coefficient (Wildman–Crippen LogP) is 5.96. The van der Waals surface area contributed by atoms with Gasteiger partial charge in [0.15, 0.2) is 0 Å². The summed E-state index contributed by atoms with van der Waals surface area (Å²) in [6, 6.07) is 21.1. The van der Waals surface area contributed by atoms with Crippen LogP contribution in [0.25, 0.3) is 22.8 Å². The molecule has 0 aliphatic heterocycles. The van der Waals surface area contributed by atoms with E-state index in [1.54, 1.807) is 60.7 Å². The summed E-state index contributed by atoms with van der Waals surface area (Å²) in [4.78, 5) is 16.7. The van der Waals surface area contributed by atoms with Crippen molar-refractivity contribution in [3.63, 3.8) is 0 Å². The van der Waals surface area contributed by atoms with Gasteiger partial charge in [-0.05, 0) is 60.7 Å². The predicted molar refractivity (Wildman–Crippen MR) is 110 cm³/mol. The molecule has 3 aromatic carbocycles. The van der Waals surface area contributed by atoms with Crippen LogP contribution >= 0.6 is 23.2 Å². The third-order valence-electron chi connectivity index (χ3n) is 3.99. The molecule has 5 nitrogen and oxygen atoms in total. The molecule has 138 valence electrons. The highest BCUT2D eigenvalue weighted by Crippen LogP contribution is 2.25. The number of amides is 1. The summed E-state index contributed by atoms with van der Waals surface area (Å²) in [5.41, 5.74) is 2.64. The highest BCUT2D eigenvalue weighted by molar-refractivity contribution is 6.31. The van der Waals surface area contributed by atoms with E-state index in [2.05, 4.69) is 15.5 Å². The number of carbonyl (C=O) groups is 1. The summed E-state index contributed by atoms with van der Waals surface area (Å²) < 4.78 is 5.32. The number of halogens is 2. The number of nitrogens with one attached hydrogen (secondary N) is 1. The quantitative estimate of drug-likeness (QED) is 0.451. The molecule has 7 heteroatoms. The van der Waals surface area contributed by atoms with Crippen molar-refractivity contribution in [2.45, 2.75) is 0 Å². The molecule has 1 aromatic heterocycles. The van der Waals surface area contributed by atoms with Crippen LogP contribution in [-0.2, 0) is 0 Å². The van der Waals surface area contributed by atoms with Crippen molar-refractivity contribution in [3.8, 4) is 22.8 Å². The van der Waals surface area contributed by atoms with Crippen LogP contribution in [0, 0.1) is 0 Å². The van der Waals surface area contributed by atoms with Crippen molar-refractivity contribution in [1.29, 1.82) is 0 Å². The number of carbonyl (C=O) groups excluding carboxylic acids is 1. The van der Waals surface area contributed by atoms with Crippen LogP contribution in [0.3, 0.4) is 0 Å². The largest absolute Gasteiger partial charge is 0.334 e. The number of benzene rings is 3. The van der Waals surface area contributed by atoms with Gasteiger partial charge in [0.1, 0.15) is 0 Å². The van der Waals surface area contributed by atoms with Crippen LogP contribution < -0.4 is 5.32 Å². The summed E-state index contributed by atoms with van der Waals surface area (Å²) >= 11 is 11.9. The van der Waals surface area contributed by atoms with Crippen LogP contribution in [0.1, 0.15) is 10.4 Å². The molecule has 0 atom stereocenters. The normalized spacial score (nSPS) is 10.6. The first-order chi connectivity index (χ1) is 13.6. The Morgan fingerprint density at radius 2 is 1.57 bits per heavy atom. The molecule has 0 saturated heterocycles. The van der Waals surface area contributed by atoms with E-state index in [9.17, 15) is 4.79 Å². The highest BCUT2D eigenvalue weighted by Gasteiger charge is 2.12. The van der Waals surface area contributed by atoms with Crippen LogP contribution in [0.2, 0.25) is 10.0 Å². The van der Waals surface area contributed by atoms with E-state index in [4.69, 9.17) is 27.7 Å². The van der Waals surface area contributed by atoms with Crippen LogP contribution in [0.5, 0.6) is 0 Å². The van der Waals surface area contributed by atoms with E-state index in [1.165, 1.54) is 0 Å². The Morgan fingerprint density at radius 3 is 2.29 bits per heavy atom. The lowest BCUT2D eigenvalue weighted by Crippen LogP contribution is -2.11. The summed E-state index contributed by atoms with van der Waals surface area (Å²) in [5.74, 6) is 0.594. The molecule has 1 N–H and O–H groups in total. The smallest absolute Gasteiger partial charge is 0.258 e. The van der Waals surface area contributed by atoms with E-state index in [0.29, 0.717) is 33.0 Å². The van der Waals surface area contributed by atoms with Crippen molar-refractivity contribution in [1.82, 2.24) is 10.1 Å². The molecule has 0 saturated carbocycles. The second-order valence-corrected chi connectivity index (χ2v) is 6.85. The average molecular weight is 410 g/mol. The Balaban J connectivity index is 1.50. The van der Waals surface area contributed by atoms with Gasteiger partial charge < -0.3 is 9.84 Å². The number of rotatable bonds is 4. The van der Waals surface area contributed by atoms with Gasteiger partial charge in [0.25, 0.3) is 11.8 Å². The lowest BCUT2D eigenvalue weighted by molar-refractivity contribution is 0.102. The molecule has 0 aliphatic rings. The second kappa shape index (κ2) is 7.84. The molecule has 28 heavy (non-hydrogen) atoms. The fourth-order valence-electron chi connectivity index (χ4n) is 2.62. The minimum Gasteiger partial charge on any atom is -0.334 e. The average Bonchev–Trinajstić information content (AvgIpc) is 3.19. The zero-order valence-electron chi connectivity index (χ0n) is 14.4. The van der Waals surface area contributed by atoms with E-state index in [-0.39, 0.29) is 5.91 Å². The Labute approximate surface area is 170 Å². The van der Waals surface area contributed by atoms with Gasteiger partial charge in [-0.2, -0.15) is 4.98 Å². The number of hydrogen-bond donors (Lipinski definition) is 1. The molecule has 0 fully saturated rings. The number of anilines is 1. The Morgan fingerprint density at radius 1 is 0.857 bits per heavy atom. The van der Waals surface area contributed by atoms with E-state index in [1.807, 2.05) is 12.1 Å². The first kappa shape index (κ1) is 18.2. The number of hydrogen-bond acceptors (Lipinski definition) is 4. The topological polar surface area (TPSA) is 68.0 Å². The van der Waals surface area contributed by atoms with E-state index in [0.717, 1.165) is 11.1 Å². The van der Waals surface area contributed by atoms with Crippen molar-refractivity contribution in [2.24, 2.45) is 0 Å². The number of aromatic nitrogens is 2. The molecule has 0 unspecified atom stereocenters. The third kappa shape index (κ3) is 4.06. The van der Waals surface area contributed by atoms with Gasteiger partial charge in [-0.25, -0.2) is 0 Å². The Hall–Kier alpha value is -3.15. The maximum Gasteiger partial charge on any atom is 0.258 e. The van der Waals surface area contributed by atoms with Gasteiger partial charge >= 0.3 is 0 Å². The summed E-state index contributed by atoms with van der Waals surface area (Å²) in [6.45, 7) is 0. The van der Waals surface area contributed by atoms with Gasteiger partial charge in [-0.15, -0.1) is 0 Å². The molecular weight excluding hydrogens is 397 g/mol. The first-order valence-corrected chi connectivity index (χ1v) is 9.11. The first-order valence-electron chi connectivity index (χ1n) is 8.35. The van der Waals surface area contributed by atoms with Crippen molar-refractivity contribution in [2.75, 3.05) is 5.32 Å². The van der Waals surface area contributed by atoms with Crippen molar-refractivity contribution >= 4 is 34.8 Å². The monoisotopic (exact) mass is 409 g/mol. The second-order valence-electron chi connectivity index (χ2n) is 5.98. The fourth-order valence-corrected chi connectivity index (χ4v) is 3.00. The minimum absolute atomic E-state index is 0.238. The summed E-state index contributed by atoms with van der Waals surface area (Å²) in [7, 11) is 0. The lowest BCUT2D eigenvalue weighted by atomic mass is 10.1. The maximum absolute atomic E-state index is 12.3. The molecule has 4 aromatic rings. The fraction of sp³-hybridized carbons (Fsp3) is 0. The van der Waals surface area contributed by atoms with Crippen LogP contribution in [-0.4, -0.2) is 16.0 Å². The molecule has 4 rings (SSSR count). The van der Waals surface area contributed by atoms with Crippen LogP contribution in [0.4, 0.5) is 5.69 Å². The summed E-state index contributed by atoms with van der Waals surface area (Å²) in [6.07, 6.45) is 0. The molecule has 0 radical (unpaired) electrons. The van der Waals surface area contributed by atoms with Gasteiger partial charge in [0, 0.05) is 32.4 Å². The van der Waals surface area contributed by atoms with E-state index >= 15 is 0 Å². The lowest BCUT2D eigenvalue weighted by Gasteiger charge is -2.06. The molecule has 0 aliphatic carbocycles. The van der Waals surface area contributed by atoms with Crippen molar-refractivity contribution < 1.29 is 9.32 Å². The molecule has 1 amide bonds. The van der Waals surface area contributed by atoms with Gasteiger partial charge in [0.05, 0.1) is 0 Å². The molecular formula is C21H13Cl2N3O2. The van der Waals surface area contributed by atoms with Crippen molar-refractivity contribution in [3.05, 3.63) is 88.4 Å². The minimum atomic E-state index is -0.238. The Bertz CT molecular complexity index is 1140. The molecule has 1 heterocycles.